The lowest BCUT2D eigenvalue weighted by Gasteiger charge is -2.20. The van der Waals surface area contributed by atoms with Crippen molar-refractivity contribution in [3.8, 4) is 22.5 Å². The molecular formula is C29H26ClN5O2S. The molecule has 0 N–H and O–H groups in total. The van der Waals surface area contributed by atoms with Crippen molar-refractivity contribution in [2.45, 2.75) is 37.0 Å². The lowest BCUT2D eigenvalue weighted by Crippen LogP contribution is -2.16. The molecule has 38 heavy (non-hydrogen) atoms. The molecule has 0 aliphatic heterocycles. The van der Waals surface area contributed by atoms with Crippen LogP contribution in [0.5, 0.6) is 0 Å². The van der Waals surface area contributed by atoms with E-state index < -0.39 is 9.84 Å². The summed E-state index contributed by atoms with van der Waals surface area (Å²) < 4.78 is 28.4. The lowest BCUT2D eigenvalue weighted by atomic mass is 9.92. The number of hydrogen-bond donors (Lipinski definition) is 0. The largest absolute Gasteiger partial charge is 0.302 e. The van der Waals surface area contributed by atoms with Gasteiger partial charge in [0.05, 0.1) is 33.9 Å². The molecule has 1 saturated carbocycles. The summed E-state index contributed by atoms with van der Waals surface area (Å²) in [6.07, 6.45) is 7.03. The van der Waals surface area contributed by atoms with Gasteiger partial charge in [-0.15, -0.1) is 5.10 Å². The third-order valence-electron chi connectivity index (χ3n) is 7.25. The van der Waals surface area contributed by atoms with Crippen molar-refractivity contribution in [3.05, 3.63) is 107 Å². The molecule has 5 aromatic rings. The fraction of sp³-hybridized carbons (Fsp3) is 0.207. The van der Waals surface area contributed by atoms with Gasteiger partial charge in [-0.3, -0.25) is 0 Å². The van der Waals surface area contributed by atoms with Gasteiger partial charge in [-0.05, 0) is 79.8 Å². The van der Waals surface area contributed by atoms with Crippen molar-refractivity contribution in [1.29, 1.82) is 0 Å². The zero-order valence-corrected chi connectivity index (χ0v) is 22.8. The molecular weight excluding hydrogens is 518 g/mol. The van der Waals surface area contributed by atoms with Crippen molar-refractivity contribution in [2.24, 2.45) is 0 Å². The number of imidazole rings is 1. The van der Waals surface area contributed by atoms with Gasteiger partial charge in [-0.1, -0.05) is 47.1 Å². The van der Waals surface area contributed by atoms with Crippen molar-refractivity contribution < 1.29 is 8.42 Å². The normalized spacial score (nSPS) is 14.5. The van der Waals surface area contributed by atoms with Gasteiger partial charge in [-0.2, -0.15) is 0 Å². The van der Waals surface area contributed by atoms with Crippen LogP contribution in [0.1, 0.15) is 35.6 Å². The van der Waals surface area contributed by atoms with Gasteiger partial charge < -0.3 is 4.57 Å². The summed E-state index contributed by atoms with van der Waals surface area (Å²) >= 11 is 6.18. The summed E-state index contributed by atoms with van der Waals surface area (Å²) in [5, 5.41) is 9.61. The standard InChI is InChI=1S/C29H26ClN5O2S/c1-19-18-34(20(2)32-19)26-12-7-22(21-5-4-6-25(15-21)38(3,36)37)16-27(26)35-28(17-31-33-35)29(13-14-29)23-8-10-24(30)11-9-23/h4-12,15-18H,13-14H2,1-3H3. The fourth-order valence-electron chi connectivity index (χ4n) is 5.17. The highest BCUT2D eigenvalue weighted by atomic mass is 35.5. The Morgan fingerprint density at radius 3 is 2.32 bits per heavy atom. The van der Waals surface area contributed by atoms with E-state index in [1.165, 1.54) is 11.8 Å². The Balaban J connectivity index is 1.55. The minimum atomic E-state index is -3.34. The van der Waals surface area contributed by atoms with Crippen LogP contribution in [-0.2, 0) is 15.3 Å². The first-order valence-electron chi connectivity index (χ1n) is 12.3. The zero-order chi connectivity index (χ0) is 26.7. The first-order valence-corrected chi connectivity index (χ1v) is 14.6. The number of benzene rings is 3. The summed E-state index contributed by atoms with van der Waals surface area (Å²) in [5.74, 6) is 0.857. The van der Waals surface area contributed by atoms with E-state index in [1.807, 2.05) is 67.3 Å². The van der Waals surface area contributed by atoms with E-state index in [9.17, 15) is 8.42 Å². The van der Waals surface area contributed by atoms with E-state index in [1.54, 1.807) is 18.2 Å². The Hall–Kier alpha value is -3.75. The molecule has 3 aromatic carbocycles. The number of nitrogens with zero attached hydrogens (tertiary/aromatic N) is 5. The van der Waals surface area contributed by atoms with E-state index in [0.717, 1.165) is 52.6 Å². The number of aromatic nitrogens is 5. The third kappa shape index (κ3) is 4.23. The Kier molecular flexibility index (Phi) is 5.77. The van der Waals surface area contributed by atoms with Crippen LogP contribution < -0.4 is 0 Å². The SMILES string of the molecule is Cc1cn(-c2ccc(-c3cccc(S(C)(=O)=O)c3)cc2-n2nncc2C2(c3ccc(Cl)cc3)CC2)c(C)n1. The monoisotopic (exact) mass is 543 g/mol. The highest BCUT2D eigenvalue weighted by molar-refractivity contribution is 7.90. The Morgan fingerprint density at radius 1 is 0.921 bits per heavy atom. The van der Waals surface area contributed by atoms with E-state index in [0.29, 0.717) is 5.02 Å². The Bertz CT molecular complexity index is 1780. The molecule has 9 heteroatoms. The Morgan fingerprint density at radius 2 is 1.66 bits per heavy atom. The summed E-state index contributed by atoms with van der Waals surface area (Å²) in [6.45, 7) is 3.94. The maximum absolute atomic E-state index is 12.2. The minimum absolute atomic E-state index is 0.197. The maximum Gasteiger partial charge on any atom is 0.175 e. The molecule has 0 unspecified atom stereocenters. The fourth-order valence-corrected chi connectivity index (χ4v) is 5.96. The number of halogens is 1. The van der Waals surface area contributed by atoms with E-state index in [-0.39, 0.29) is 10.3 Å². The number of sulfone groups is 1. The van der Waals surface area contributed by atoms with Crippen LogP contribution in [0.3, 0.4) is 0 Å². The number of aryl methyl sites for hydroxylation is 2. The van der Waals surface area contributed by atoms with Gasteiger partial charge in [0.15, 0.2) is 9.84 Å². The van der Waals surface area contributed by atoms with Crippen molar-refractivity contribution >= 4 is 21.4 Å². The molecule has 0 radical (unpaired) electrons. The molecule has 1 aliphatic carbocycles. The smallest absolute Gasteiger partial charge is 0.175 e. The molecule has 192 valence electrons. The van der Waals surface area contributed by atoms with Crippen molar-refractivity contribution in [2.75, 3.05) is 6.26 Å². The second-order valence-corrected chi connectivity index (χ2v) is 12.4. The van der Waals surface area contributed by atoms with Gasteiger partial charge in [-0.25, -0.2) is 18.1 Å². The molecule has 0 bridgehead atoms. The van der Waals surface area contributed by atoms with Crippen LogP contribution in [0.25, 0.3) is 22.5 Å². The summed E-state index contributed by atoms with van der Waals surface area (Å²) in [6, 6.07) is 21.1. The Labute approximate surface area is 226 Å². The average Bonchev–Trinajstić information content (AvgIpc) is 3.41. The zero-order valence-electron chi connectivity index (χ0n) is 21.3. The molecule has 0 amide bonds. The van der Waals surface area contributed by atoms with E-state index >= 15 is 0 Å². The minimum Gasteiger partial charge on any atom is -0.302 e. The van der Waals surface area contributed by atoms with Crippen LogP contribution in [0.4, 0.5) is 0 Å². The summed E-state index contributed by atoms with van der Waals surface area (Å²) in [4.78, 5) is 4.89. The van der Waals surface area contributed by atoms with Crippen LogP contribution in [0.15, 0.2) is 84.0 Å². The highest BCUT2D eigenvalue weighted by Crippen LogP contribution is 2.54. The van der Waals surface area contributed by atoms with E-state index in [4.69, 9.17) is 11.6 Å². The molecule has 0 spiro atoms. The third-order valence-corrected chi connectivity index (χ3v) is 8.61. The first kappa shape index (κ1) is 24.6. The molecule has 1 fully saturated rings. The van der Waals surface area contributed by atoms with E-state index in [2.05, 4.69) is 32.0 Å². The van der Waals surface area contributed by atoms with Gasteiger partial charge in [0, 0.05) is 22.9 Å². The molecule has 2 heterocycles. The first-order chi connectivity index (χ1) is 18.2. The van der Waals surface area contributed by atoms with Crippen LogP contribution in [0, 0.1) is 13.8 Å². The summed E-state index contributed by atoms with van der Waals surface area (Å²) in [5.41, 5.74) is 6.32. The molecule has 2 aromatic heterocycles. The lowest BCUT2D eigenvalue weighted by molar-refractivity contribution is 0.602. The van der Waals surface area contributed by atoms with Crippen molar-refractivity contribution in [3.63, 3.8) is 0 Å². The predicted molar refractivity (Wildman–Crippen MR) is 148 cm³/mol. The van der Waals surface area contributed by atoms with Crippen LogP contribution >= 0.6 is 11.6 Å². The predicted octanol–water partition coefficient (Wildman–Crippen LogP) is 5.87. The van der Waals surface area contributed by atoms with Gasteiger partial charge in [0.2, 0.25) is 0 Å². The summed E-state index contributed by atoms with van der Waals surface area (Å²) in [7, 11) is -3.34. The van der Waals surface area contributed by atoms with Crippen molar-refractivity contribution in [1.82, 2.24) is 24.5 Å². The number of hydrogen-bond acceptors (Lipinski definition) is 5. The van der Waals surface area contributed by atoms with Gasteiger partial charge in [0.1, 0.15) is 5.82 Å². The highest BCUT2D eigenvalue weighted by Gasteiger charge is 2.49. The molecule has 6 rings (SSSR count). The molecule has 1 aliphatic rings. The second-order valence-electron chi connectivity index (χ2n) is 9.92. The maximum atomic E-state index is 12.2. The topological polar surface area (TPSA) is 82.7 Å². The van der Waals surface area contributed by atoms with Gasteiger partial charge >= 0.3 is 0 Å². The molecule has 0 saturated heterocycles. The quantitative estimate of drug-likeness (QED) is 0.267. The van der Waals surface area contributed by atoms with Crippen LogP contribution in [-0.4, -0.2) is 39.2 Å². The molecule has 7 nitrogen and oxygen atoms in total. The second kappa shape index (κ2) is 8.92. The average molecular weight is 544 g/mol. The molecule has 0 atom stereocenters. The van der Waals surface area contributed by atoms with Crippen LogP contribution in [0.2, 0.25) is 5.02 Å². The van der Waals surface area contributed by atoms with Gasteiger partial charge in [0.25, 0.3) is 0 Å². The number of rotatable bonds is 6.